The molecule has 0 aliphatic rings. The first-order chi connectivity index (χ1) is 12.4. The summed E-state index contributed by atoms with van der Waals surface area (Å²) in [6, 6.07) is 11.9. The van der Waals surface area contributed by atoms with E-state index >= 15 is 0 Å². The Morgan fingerprint density at radius 3 is 2.58 bits per heavy atom. The monoisotopic (exact) mass is 373 g/mol. The molecule has 1 N–H and O–H groups in total. The fraction of sp³-hybridized carbons (Fsp3) is 0.158. The Morgan fingerprint density at radius 1 is 1.15 bits per heavy atom. The summed E-state index contributed by atoms with van der Waals surface area (Å²) in [6.45, 7) is 1.64. The number of halogens is 1. The zero-order valence-electron chi connectivity index (χ0n) is 14.2. The molecule has 0 spiro atoms. The molecule has 0 saturated carbocycles. The van der Waals surface area contributed by atoms with Crippen molar-refractivity contribution in [3.05, 3.63) is 58.7 Å². The van der Waals surface area contributed by atoms with Crippen LogP contribution in [-0.2, 0) is 11.3 Å². The van der Waals surface area contributed by atoms with E-state index in [1.165, 1.54) is 14.0 Å². The van der Waals surface area contributed by atoms with Crippen LogP contribution in [0.25, 0.3) is 10.9 Å². The van der Waals surface area contributed by atoms with E-state index in [1.807, 2.05) is 6.07 Å². The van der Waals surface area contributed by atoms with Gasteiger partial charge in [0.1, 0.15) is 17.2 Å². The molecule has 1 aromatic heterocycles. The van der Waals surface area contributed by atoms with Crippen LogP contribution < -0.4 is 9.47 Å². The average molecular weight is 374 g/mol. The molecule has 0 fully saturated rings. The first kappa shape index (κ1) is 17.8. The van der Waals surface area contributed by atoms with Gasteiger partial charge in [0.25, 0.3) is 0 Å². The third-order valence-electron chi connectivity index (χ3n) is 3.91. The van der Waals surface area contributed by atoms with E-state index in [0.29, 0.717) is 34.0 Å². The molecule has 0 radical (unpaired) electrons. The highest BCUT2D eigenvalue weighted by Crippen LogP contribution is 2.29. The van der Waals surface area contributed by atoms with Crippen molar-refractivity contribution in [1.29, 1.82) is 0 Å². The van der Waals surface area contributed by atoms with Gasteiger partial charge >= 0.3 is 11.9 Å². The summed E-state index contributed by atoms with van der Waals surface area (Å²) in [4.78, 5) is 22.8. The summed E-state index contributed by atoms with van der Waals surface area (Å²) >= 11 is 6.05. The van der Waals surface area contributed by atoms with Crippen LogP contribution in [-0.4, -0.2) is 28.7 Å². The topological polar surface area (TPSA) is 77.8 Å². The van der Waals surface area contributed by atoms with Gasteiger partial charge < -0.3 is 19.1 Å². The minimum Gasteiger partial charge on any atom is -0.495 e. The number of carboxylic acids is 1. The Hall–Kier alpha value is -2.99. The molecule has 7 heteroatoms. The lowest BCUT2D eigenvalue weighted by molar-refractivity contribution is -0.131. The van der Waals surface area contributed by atoms with Gasteiger partial charge in [0.15, 0.2) is 0 Å². The highest BCUT2D eigenvalue weighted by Gasteiger charge is 2.16. The Labute approximate surface area is 154 Å². The zero-order valence-corrected chi connectivity index (χ0v) is 14.9. The number of rotatable bonds is 5. The standard InChI is InChI=1S/C19H16ClNO5/c1-11(22)26-14-4-6-16-13(8-14)9-17(19(23)24)21(16)10-12-3-5-15(20)18(7-12)25-2/h3-9H,10H2,1-2H3,(H,23,24). The number of esters is 1. The lowest BCUT2D eigenvalue weighted by Gasteiger charge is -2.11. The average Bonchev–Trinajstić information content (AvgIpc) is 2.94. The van der Waals surface area contributed by atoms with Crippen molar-refractivity contribution in [2.24, 2.45) is 0 Å². The summed E-state index contributed by atoms with van der Waals surface area (Å²) in [7, 11) is 1.52. The van der Waals surface area contributed by atoms with E-state index in [0.717, 1.165) is 5.56 Å². The second kappa shape index (κ2) is 7.09. The maximum absolute atomic E-state index is 11.7. The molecule has 134 valence electrons. The molecule has 3 rings (SSSR count). The van der Waals surface area contributed by atoms with Gasteiger partial charge in [-0.05, 0) is 42.0 Å². The Kier molecular flexibility index (Phi) is 4.86. The van der Waals surface area contributed by atoms with Crippen molar-refractivity contribution in [1.82, 2.24) is 4.57 Å². The number of hydrogen-bond acceptors (Lipinski definition) is 4. The number of carboxylic acid groups (broad SMARTS) is 1. The van der Waals surface area contributed by atoms with Crippen LogP contribution in [0.5, 0.6) is 11.5 Å². The van der Waals surface area contributed by atoms with E-state index in [9.17, 15) is 14.7 Å². The third kappa shape index (κ3) is 3.50. The number of ether oxygens (including phenoxy) is 2. The molecular weight excluding hydrogens is 358 g/mol. The van der Waals surface area contributed by atoms with E-state index in [1.54, 1.807) is 41.0 Å². The zero-order chi connectivity index (χ0) is 18.8. The van der Waals surface area contributed by atoms with Gasteiger partial charge in [-0.3, -0.25) is 4.79 Å². The van der Waals surface area contributed by atoms with Crippen LogP contribution in [0, 0.1) is 0 Å². The number of hydrogen-bond donors (Lipinski definition) is 1. The maximum Gasteiger partial charge on any atom is 0.352 e. The van der Waals surface area contributed by atoms with Crippen LogP contribution in [0.3, 0.4) is 0 Å². The van der Waals surface area contributed by atoms with Gasteiger partial charge in [0.2, 0.25) is 0 Å². The molecule has 3 aromatic rings. The number of carbonyl (C=O) groups excluding carboxylic acids is 1. The highest BCUT2D eigenvalue weighted by atomic mass is 35.5. The molecule has 0 aliphatic heterocycles. The van der Waals surface area contributed by atoms with E-state index in [-0.39, 0.29) is 5.69 Å². The number of benzene rings is 2. The van der Waals surface area contributed by atoms with Crippen LogP contribution in [0.1, 0.15) is 23.0 Å². The van der Waals surface area contributed by atoms with E-state index < -0.39 is 11.9 Å². The van der Waals surface area contributed by atoms with Crippen LogP contribution >= 0.6 is 11.6 Å². The molecule has 0 amide bonds. The SMILES string of the molecule is COc1cc(Cn2c(C(=O)O)cc3cc(OC(C)=O)ccc32)ccc1Cl. The van der Waals surface area contributed by atoms with Gasteiger partial charge in [-0.2, -0.15) is 0 Å². The molecule has 0 unspecified atom stereocenters. The summed E-state index contributed by atoms with van der Waals surface area (Å²) < 4.78 is 12.0. The summed E-state index contributed by atoms with van der Waals surface area (Å²) in [5.74, 6) is -0.589. The maximum atomic E-state index is 11.7. The van der Waals surface area contributed by atoms with Crippen molar-refractivity contribution in [3.8, 4) is 11.5 Å². The van der Waals surface area contributed by atoms with E-state index in [4.69, 9.17) is 21.1 Å². The molecule has 0 aliphatic carbocycles. The van der Waals surface area contributed by atoms with Gasteiger partial charge in [0, 0.05) is 24.4 Å². The smallest absolute Gasteiger partial charge is 0.352 e. The predicted molar refractivity (Wildman–Crippen MR) is 97.3 cm³/mol. The van der Waals surface area contributed by atoms with E-state index in [2.05, 4.69) is 0 Å². The van der Waals surface area contributed by atoms with Gasteiger partial charge in [-0.15, -0.1) is 0 Å². The molecule has 2 aromatic carbocycles. The fourth-order valence-electron chi connectivity index (χ4n) is 2.81. The van der Waals surface area contributed by atoms with Crippen LogP contribution in [0.4, 0.5) is 0 Å². The summed E-state index contributed by atoms with van der Waals surface area (Å²) in [6.07, 6.45) is 0. The molecule has 0 saturated heterocycles. The second-order valence-electron chi connectivity index (χ2n) is 5.70. The van der Waals surface area contributed by atoms with Crippen molar-refractivity contribution in [2.45, 2.75) is 13.5 Å². The third-order valence-corrected chi connectivity index (χ3v) is 4.22. The number of carbonyl (C=O) groups is 2. The number of nitrogens with zero attached hydrogens (tertiary/aromatic N) is 1. The molecule has 6 nitrogen and oxygen atoms in total. The minimum atomic E-state index is -1.05. The Bertz CT molecular complexity index is 1010. The molecule has 1 heterocycles. The van der Waals surface area contributed by atoms with Gasteiger partial charge in [-0.1, -0.05) is 17.7 Å². The summed E-state index contributed by atoms with van der Waals surface area (Å²) in [5.41, 5.74) is 1.69. The normalized spacial score (nSPS) is 10.7. The van der Waals surface area contributed by atoms with Crippen molar-refractivity contribution in [2.75, 3.05) is 7.11 Å². The Morgan fingerprint density at radius 2 is 1.92 bits per heavy atom. The molecular formula is C19H16ClNO5. The van der Waals surface area contributed by atoms with Gasteiger partial charge in [-0.25, -0.2) is 4.79 Å². The van der Waals surface area contributed by atoms with Crippen molar-refractivity contribution >= 4 is 34.4 Å². The fourth-order valence-corrected chi connectivity index (χ4v) is 3.01. The first-order valence-corrected chi connectivity index (χ1v) is 8.14. The quantitative estimate of drug-likeness (QED) is 0.540. The lowest BCUT2D eigenvalue weighted by Crippen LogP contribution is -2.09. The minimum absolute atomic E-state index is 0.133. The summed E-state index contributed by atoms with van der Waals surface area (Å²) in [5, 5.41) is 10.7. The number of aromatic nitrogens is 1. The first-order valence-electron chi connectivity index (χ1n) is 7.76. The van der Waals surface area contributed by atoms with Crippen molar-refractivity contribution < 1.29 is 24.2 Å². The predicted octanol–water partition coefficient (Wildman–Crippen LogP) is 3.98. The Balaban J connectivity index is 2.07. The highest BCUT2D eigenvalue weighted by molar-refractivity contribution is 6.32. The van der Waals surface area contributed by atoms with Crippen molar-refractivity contribution in [3.63, 3.8) is 0 Å². The number of methoxy groups -OCH3 is 1. The molecule has 0 bridgehead atoms. The van der Waals surface area contributed by atoms with Crippen LogP contribution in [0.15, 0.2) is 42.5 Å². The van der Waals surface area contributed by atoms with Gasteiger partial charge in [0.05, 0.1) is 12.1 Å². The molecule has 26 heavy (non-hydrogen) atoms. The lowest BCUT2D eigenvalue weighted by atomic mass is 10.2. The number of aromatic carboxylic acids is 1. The molecule has 0 atom stereocenters. The number of fused-ring (bicyclic) bond motifs is 1. The second-order valence-corrected chi connectivity index (χ2v) is 6.11. The largest absolute Gasteiger partial charge is 0.495 e. The van der Waals surface area contributed by atoms with Crippen LogP contribution in [0.2, 0.25) is 5.02 Å².